The SMILES string of the molecule is CNCc1ccc(SCCS(C)(=O)=O)cc1. The predicted octanol–water partition coefficient (Wildman–Crippen LogP) is 1.54. The second kappa shape index (κ2) is 6.27. The van der Waals surface area contributed by atoms with E-state index in [1.54, 1.807) is 11.8 Å². The van der Waals surface area contributed by atoms with Crippen molar-refractivity contribution in [1.29, 1.82) is 0 Å². The van der Waals surface area contributed by atoms with Gasteiger partial charge in [-0.1, -0.05) is 12.1 Å². The average molecular weight is 259 g/mol. The molecule has 0 aliphatic heterocycles. The van der Waals surface area contributed by atoms with Crippen molar-refractivity contribution in [2.75, 3.05) is 24.8 Å². The van der Waals surface area contributed by atoms with E-state index in [0.29, 0.717) is 5.75 Å². The largest absolute Gasteiger partial charge is 0.316 e. The second-order valence-corrected chi connectivity index (χ2v) is 7.08. The lowest BCUT2D eigenvalue weighted by Crippen LogP contribution is -2.05. The number of hydrogen-bond acceptors (Lipinski definition) is 4. The van der Waals surface area contributed by atoms with Crippen molar-refractivity contribution in [3.63, 3.8) is 0 Å². The molecule has 1 N–H and O–H groups in total. The van der Waals surface area contributed by atoms with Crippen LogP contribution in [0.5, 0.6) is 0 Å². The zero-order valence-electron chi connectivity index (χ0n) is 9.56. The quantitative estimate of drug-likeness (QED) is 0.787. The summed E-state index contributed by atoms with van der Waals surface area (Å²) in [6, 6.07) is 8.16. The Labute approximate surface area is 102 Å². The highest BCUT2D eigenvalue weighted by Crippen LogP contribution is 2.18. The number of thioether (sulfide) groups is 1. The van der Waals surface area contributed by atoms with Gasteiger partial charge in [-0.15, -0.1) is 11.8 Å². The molecule has 0 heterocycles. The maximum atomic E-state index is 10.9. The lowest BCUT2D eigenvalue weighted by molar-refractivity contribution is 0.603. The van der Waals surface area contributed by atoms with E-state index in [0.717, 1.165) is 11.4 Å². The van der Waals surface area contributed by atoms with Crippen molar-refractivity contribution >= 4 is 21.6 Å². The van der Waals surface area contributed by atoms with Gasteiger partial charge in [0.2, 0.25) is 0 Å². The molecule has 0 unspecified atom stereocenters. The number of hydrogen-bond donors (Lipinski definition) is 1. The molecule has 0 bridgehead atoms. The lowest BCUT2D eigenvalue weighted by Gasteiger charge is -2.03. The summed E-state index contributed by atoms with van der Waals surface area (Å²) in [6.45, 7) is 0.855. The molecular weight excluding hydrogens is 242 g/mol. The van der Waals surface area contributed by atoms with E-state index in [-0.39, 0.29) is 5.75 Å². The van der Waals surface area contributed by atoms with E-state index in [1.165, 1.54) is 11.8 Å². The highest BCUT2D eigenvalue weighted by Gasteiger charge is 2.02. The summed E-state index contributed by atoms with van der Waals surface area (Å²) in [6.07, 6.45) is 1.27. The van der Waals surface area contributed by atoms with Crippen molar-refractivity contribution in [3.8, 4) is 0 Å². The van der Waals surface area contributed by atoms with Gasteiger partial charge >= 0.3 is 0 Å². The van der Waals surface area contributed by atoms with Crippen LogP contribution in [-0.4, -0.2) is 33.2 Å². The van der Waals surface area contributed by atoms with Crippen LogP contribution in [0.3, 0.4) is 0 Å². The van der Waals surface area contributed by atoms with Gasteiger partial charge in [0.25, 0.3) is 0 Å². The molecule has 0 fully saturated rings. The summed E-state index contributed by atoms with van der Waals surface area (Å²) in [5, 5.41) is 3.08. The van der Waals surface area contributed by atoms with Crippen LogP contribution in [-0.2, 0) is 16.4 Å². The molecule has 0 amide bonds. The fraction of sp³-hybridized carbons (Fsp3) is 0.455. The Bertz CT molecular complexity index is 412. The maximum absolute atomic E-state index is 10.9. The molecule has 0 saturated carbocycles. The molecular formula is C11H17NO2S2. The van der Waals surface area contributed by atoms with Crippen LogP contribution in [0.2, 0.25) is 0 Å². The van der Waals surface area contributed by atoms with Gasteiger partial charge in [-0.25, -0.2) is 8.42 Å². The van der Waals surface area contributed by atoms with E-state index in [2.05, 4.69) is 17.4 Å². The van der Waals surface area contributed by atoms with Gasteiger partial charge in [0.1, 0.15) is 9.84 Å². The Morgan fingerprint density at radius 3 is 2.38 bits per heavy atom. The average Bonchev–Trinajstić information content (AvgIpc) is 2.19. The normalized spacial score (nSPS) is 11.6. The molecule has 5 heteroatoms. The van der Waals surface area contributed by atoms with Gasteiger partial charge in [-0.3, -0.25) is 0 Å². The standard InChI is InChI=1S/C11H17NO2S2/c1-12-9-10-3-5-11(6-4-10)15-7-8-16(2,13)14/h3-6,12H,7-9H2,1-2H3. The summed E-state index contributed by atoms with van der Waals surface area (Å²) in [4.78, 5) is 1.11. The number of sulfone groups is 1. The molecule has 0 aliphatic rings. The molecule has 1 aromatic rings. The minimum Gasteiger partial charge on any atom is -0.316 e. The van der Waals surface area contributed by atoms with Crippen LogP contribution in [0.1, 0.15) is 5.56 Å². The minimum atomic E-state index is -2.84. The lowest BCUT2D eigenvalue weighted by atomic mass is 10.2. The number of rotatable bonds is 6. The molecule has 0 atom stereocenters. The zero-order valence-corrected chi connectivity index (χ0v) is 11.2. The van der Waals surface area contributed by atoms with Gasteiger partial charge < -0.3 is 5.32 Å². The second-order valence-electron chi connectivity index (χ2n) is 3.65. The number of benzene rings is 1. The van der Waals surface area contributed by atoms with Gasteiger partial charge in [0.05, 0.1) is 5.75 Å². The van der Waals surface area contributed by atoms with E-state index >= 15 is 0 Å². The van der Waals surface area contributed by atoms with Gasteiger partial charge in [-0.05, 0) is 24.7 Å². The molecule has 16 heavy (non-hydrogen) atoms. The predicted molar refractivity (Wildman–Crippen MR) is 69.6 cm³/mol. The molecule has 1 rings (SSSR count). The van der Waals surface area contributed by atoms with Gasteiger partial charge in [0, 0.05) is 23.4 Å². The topological polar surface area (TPSA) is 46.2 Å². The van der Waals surface area contributed by atoms with E-state index in [4.69, 9.17) is 0 Å². The van der Waals surface area contributed by atoms with Gasteiger partial charge in [-0.2, -0.15) is 0 Å². The first-order valence-electron chi connectivity index (χ1n) is 5.05. The summed E-state index contributed by atoms with van der Waals surface area (Å²) >= 11 is 1.57. The molecule has 1 aromatic carbocycles. The first kappa shape index (κ1) is 13.5. The van der Waals surface area contributed by atoms with Crippen molar-refractivity contribution in [1.82, 2.24) is 5.32 Å². The molecule has 3 nitrogen and oxygen atoms in total. The zero-order chi connectivity index (χ0) is 12.0. The van der Waals surface area contributed by atoms with E-state index < -0.39 is 9.84 Å². The third-order valence-corrected chi connectivity index (χ3v) is 4.24. The van der Waals surface area contributed by atoms with Crippen LogP contribution in [0, 0.1) is 0 Å². The Morgan fingerprint density at radius 2 is 1.88 bits per heavy atom. The Hall–Kier alpha value is -0.520. The fourth-order valence-electron chi connectivity index (χ4n) is 1.22. The third kappa shape index (κ3) is 5.53. The fourth-order valence-corrected chi connectivity index (χ4v) is 3.33. The minimum absolute atomic E-state index is 0.232. The van der Waals surface area contributed by atoms with Crippen molar-refractivity contribution < 1.29 is 8.42 Å². The first-order chi connectivity index (χ1) is 7.51. The highest BCUT2D eigenvalue weighted by molar-refractivity contribution is 8.00. The summed E-state index contributed by atoms with van der Waals surface area (Å²) in [5.41, 5.74) is 1.23. The summed E-state index contributed by atoms with van der Waals surface area (Å²) < 4.78 is 21.9. The van der Waals surface area contributed by atoms with Crippen LogP contribution < -0.4 is 5.32 Å². The molecule has 0 saturated heterocycles. The smallest absolute Gasteiger partial charge is 0.148 e. The van der Waals surface area contributed by atoms with Crippen molar-refractivity contribution in [2.24, 2.45) is 0 Å². The Morgan fingerprint density at radius 1 is 1.25 bits per heavy atom. The van der Waals surface area contributed by atoms with Crippen LogP contribution in [0.15, 0.2) is 29.2 Å². The Kier molecular flexibility index (Phi) is 5.31. The highest BCUT2D eigenvalue weighted by atomic mass is 32.2. The monoisotopic (exact) mass is 259 g/mol. The molecule has 0 radical (unpaired) electrons. The summed E-state index contributed by atoms with van der Waals surface area (Å²) in [5.74, 6) is 0.847. The van der Waals surface area contributed by atoms with E-state index in [9.17, 15) is 8.42 Å². The van der Waals surface area contributed by atoms with Crippen molar-refractivity contribution in [2.45, 2.75) is 11.4 Å². The van der Waals surface area contributed by atoms with Gasteiger partial charge in [0.15, 0.2) is 0 Å². The molecule has 0 aliphatic carbocycles. The third-order valence-electron chi connectivity index (χ3n) is 2.03. The van der Waals surface area contributed by atoms with E-state index in [1.807, 2.05) is 19.2 Å². The molecule has 0 spiro atoms. The maximum Gasteiger partial charge on any atom is 0.148 e. The summed E-state index contributed by atoms with van der Waals surface area (Å²) in [7, 11) is -0.930. The molecule has 0 aromatic heterocycles. The first-order valence-corrected chi connectivity index (χ1v) is 8.10. The number of nitrogens with one attached hydrogen (secondary N) is 1. The van der Waals surface area contributed by atoms with Crippen LogP contribution >= 0.6 is 11.8 Å². The Balaban J connectivity index is 2.43. The molecule has 90 valence electrons. The van der Waals surface area contributed by atoms with Crippen molar-refractivity contribution in [3.05, 3.63) is 29.8 Å². The van der Waals surface area contributed by atoms with Crippen LogP contribution in [0.4, 0.5) is 0 Å². The van der Waals surface area contributed by atoms with Crippen LogP contribution in [0.25, 0.3) is 0 Å².